The third-order valence-electron chi connectivity index (χ3n) is 0. The fourth-order valence-electron chi connectivity index (χ4n) is 0. The molecule has 0 spiro atoms. The molecule has 2 nitrogen and oxygen atoms in total. The molecule has 0 bridgehead atoms. The van der Waals surface area contributed by atoms with Crippen molar-refractivity contribution in [3.63, 3.8) is 0 Å². The Morgan fingerprint density at radius 2 is 1.33 bits per heavy atom. The Kier molecular flexibility index (Phi) is 28.1. The summed E-state index contributed by atoms with van der Waals surface area (Å²) in [7, 11) is 9.34. The van der Waals surface area contributed by atoms with E-state index in [1.54, 1.807) is 0 Å². The second-order valence-corrected chi connectivity index (χ2v) is 1.80. The fraction of sp³-hybridized carbons (Fsp3) is 0. The van der Waals surface area contributed by atoms with Crippen molar-refractivity contribution in [2.75, 3.05) is 0 Å². The first-order chi connectivity index (χ1) is 2.83. The van der Waals surface area contributed by atoms with Crippen LogP contribution in [0.2, 0.25) is 0 Å². The minimum absolute atomic E-state index is 0.750. The van der Waals surface area contributed by atoms with Gasteiger partial charge >= 0.3 is 44.9 Å². The monoisotopic (exact) mass is 197 g/mol. The Hall–Kier alpha value is 0.919. The topological polar surface area (TPSA) is 34.1 Å². The van der Waals surface area contributed by atoms with Crippen LogP contribution in [0.25, 0.3) is 0 Å². The molecule has 0 saturated carbocycles. The molecule has 0 fully saturated rings. The van der Waals surface area contributed by atoms with Crippen molar-refractivity contribution < 1.29 is 21.6 Å². The molecule has 0 atom stereocenters. The Balaban J connectivity index is 0. The van der Waals surface area contributed by atoms with Crippen molar-refractivity contribution in [1.82, 2.24) is 0 Å². The summed E-state index contributed by atoms with van der Waals surface area (Å²) in [5.74, 6) is 0. The zero-order valence-corrected chi connectivity index (χ0v) is 5.55. The van der Waals surface area contributed by atoms with Gasteiger partial charge in [-0.2, -0.15) is 8.42 Å². The van der Waals surface area contributed by atoms with E-state index in [4.69, 9.17) is 8.42 Å². The molecule has 0 N–H and O–H groups in total. The molecule has 6 heavy (non-hydrogen) atoms. The summed E-state index contributed by atoms with van der Waals surface area (Å²) in [5, 5.41) is 0. The van der Waals surface area contributed by atoms with Crippen LogP contribution in [0.5, 0.6) is 0 Å². The fourth-order valence-corrected chi connectivity index (χ4v) is 0. The molecule has 0 aromatic heterocycles. The van der Waals surface area contributed by atoms with Crippen LogP contribution in [0, 0.1) is 0 Å². The Morgan fingerprint density at radius 3 is 1.33 bits per heavy atom. The third kappa shape index (κ3) is 89.4. The van der Waals surface area contributed by atoms with Crippen LogP contribution in [-0.4, -0.2) is 8.42 Å². The summed E-state index contributed by atoms with van der Waals surface area (Å²) in [4.78, 5) is 0. The second kappa shape index (κ2) is 16.8. The van der Waals surface area contributed by atoms with Crippen LogP contribution in [-0.2, 0) is 24.7 Å². The van der Waals surface area contributed by atoms with Gasteiger partial charge in [-0.05, 0) is 0 Å². The zero-order valence-electron chi connectivity index (χ0n) is 2.28. The summed E-state index contributed by atoms with van der Waals surface area (Å²) in [6, 6.07) is 0. The molecule has 0 heterocycles. The van der Waals surface area contributed by atoms with Crippen molar-refractivity contribution in [1.29, 1.82) is 0 Å². The van der Waals surface area contributed by atoms with Crippen LogP contribution >= 0.6 is 20.2 Å². The average molecular weight is 199 g/mol. The van der Waals surface area contributed by atoms with Crippen molar-refractivity contribution >= 4 is 31.8 Å². The predicted octanol–water partition coefficient (Wildman–Crippen LogP) is 0.706. The van der Waals surface area contributed by atoms with Crippen LogP contribution in [0.15, 0.2) is 0 Å². The van der Waals surface area contributed by atoms with Gasteiger partial charge in [0.1, 0.15) is 0 Å². The summed E-state index contributed by atoms with van der Waals surface area (Å²) in [6.07, 6.45) is 0. The molecule has 43 valence electrons. The van der Waals surface area contributed by atoms with Crippen LogP contribution in [0.1, 0.15) is 0 Å². The number of hydrogen-bond acceptors (Lipinski definition) is 2. The van der Waals surface area contributed by atoms with Crippen molar-refractivity contribution in [3.8, 4) is 0 Å². The summed E-state index contributed by atoms with van der Waals surface area (Å²) in [5.41, 5.74) is 0. The molecule has 0 saturated heterocycles. The van der Waals surface area contributed by atoms with E-state index in [1.165, 1.54) is 0 Å². The van der Waals surface area contributed by atoms with E-state index >= 15 is 0 Å². The van der Waals surface area contributed by atoms with Crippen LogP contribution < -0.4 is 0 Å². The van der Waals surface area contributed by atoms with E-state index < -0.39 is 11.6 Å². The van der Waals surface area contributed by atoms with Crippen molar-refractivity contribution in [2.24, 2.45) is 0 Å². The van der Waals surface area contributed by atoms with Crippen LogP contribution in [0.4, 0.5) is 0 Å². The molecule has 0 radical (unpaired) electrons. The summed E-state index contributed by atoms with van der Waals surface area (Å²) < 4.78 is 16.6. The first-order valence-electron chi connectivity index (χ1n) is 0.561. The van der Waals surface area contributed by atoms with Gasteiger partial charge in [0, 0.05) is 0 Å². The van der Waals surface area contributed by atoms with E-state index in [-0.39, 0.29) is 0 Å². The molecular weight excluding hydrogens is 199 g/mol. The van der Waals surface area contributed by atoms with Gasteiger partial charge in [-0.1, -0.05) is 0 Å². The van der Waals surface area contributed by atoms with Gasteiger partial charge in [-0.3, -0.25) is 0 Å². The Labute approximate surface area is 53.4 Å². The molecule has 6 heteroatoms. The number of hydrogen-bond donors (Lipinski definition) is 0. The molecular formula is Cl2CuO2S. The maximum atomic E-state index is 8.29. The van der Waals surface area contributed by atoms with E-state index in [0.29, 0.717) is 0 Å². The van der Waals surface area contributed by atoms with Gasteiger partial charge in [0.05, 0.1) is 0 Å². The molecule has 0 aromatic rings. The predicted molar refractivity (Wildman–Crippen MR) is 20.6 cm³/mol. The van der Waals surface area contributed by atoms with Gasteiger partial charge in [0.2, 0.25) is 0 Å². The van der Waals surface area contributed by atoms with E-state index in [0.717, 1.165) is 13.1 Å². The van der Waals surface area contributed by atoms with Gasteiger partial charge in [-0.15, -0.1) is 0 Å². The van der Waals surface area contributed by atoms with Gasteiger partial charge in [0.15, 0.2) is 0 Å². The number of halogens is 2. The molecule has 0 unspecified atom stereocenters. The average Bonchev–Trinajstić information content (AvgIpc) is 1.39. The van der Waals surface area contributed by atoms with Gasteiger partial charge in [0.25, 0.3) is 0 Å². The first-order valence-corrected chi connectivity index (χ1v) is 3.82. The van der Waals surface area contributed by atoms with E-state index in [9.17, 15) is 0 Å². The molecule has 0 aromatic carbocycles. The molecule has 0 rings (SSSR count). The normalized spacial score (nSPS) is 5.67. The Morgan fingerprint density at radius 1 is 1.33 bits per heavy atom. The van der Waals surface area contributed by atoms with E-state index in [2.05, 4.69) is 20.2 Å². The van der Waals surface area contributed by atoms with Crippen molar-refractivity contribution in [3.05, 3.63) is 0 Å². The standard InChI is InChI=1S/2ClH.Cu.O2S/c;;;1-3-2/h2*1H;;/q;;+2;/p-2. The summed E-state index contributed by atoms with van der Waals surface area (Å²) in [6.45, 7) is 0. The number of rotatable bonds is 0. The summed E-state index contributed by atoms with van der Waals surface area (Å²) >= 11 is 0.00694. The molecule has 0 aliphatic heterocycles. The zero-order chi connectivity index (χ0) is 5.41. The second-order valence-electron chi connectivity index (χ2n) is 0.111. The van der Waals surface area contributed by atoms with Crippen molar-refractivity contribution in [2.45, 2.75) is 0 Å². The van der Waals surface area contributed by atoms with Gasteiger partial charge in [-0.25, -0.2) is 0 Å². The van der Waals surface area contributed by atoms with Gasteiger partial charge < -0.3 is 0 Å². The van der Waals surface area contributed by atoms with E-state index in [1.807, 2.05) is 0 Å². The SMILES string of the molecule is O=S=O.[Cl][Cu][Cl]. The molecule has 0 aliphatic carbocycles. The Bertz CT molecular complexity index is 40.8. The quantitative estimate of drug-likeness (QED) is 0.537. The van der Waals surface area contributed by atoms with Crippen LogP contribution in [0.3, 0.4) is 0 Å². The third-order valence-corrected chi connectivity index (χ3v) is 0. The maximum absolute atomic E-state index is 8.29. The molecule has 0 amide bonds. The first kappa shape index (κ1) is 10.0. The molecule has 0 aliphatic rings. The minimum atomic E-state index is -0.750.